The Balaban J connectivity index is 3.06. The molecule has 1 rings (SSSR count). The van der Waals surface area contributed by atoms with Crippen LogP contribution in [0.25, 0.3) is 0 Å². The number of anilines is 1. The standard InChI is InChI=1S/C11H19N3O2S/c1-9(7-12)8-14(2)11-10(17(3,15)16)5-4-6-13-11/h4-6,9H,7-8,12H2,1-3H3. The summed E-state index contributed by atoms with van der Waals surface area (Å²) in [5, 5.41) is 0. The van der Waals surface area contributed by atoms with Crippen molar-refractivity contribution >= 4 is 15.7 Å². The third-order valence-corrected chi connectivity index (χ3v) is 3.62. The topological polar surface area (TPSA) is 76.3 Å². The van der Waals surface area contributed by atoms with Crippen LogP contribution in [-0.2, 0) is 9.84 Å². The van der Waals surface area contributed by atoms with Gasteiger partial charge in [0.25, 0.3) is 0 Å². The molecule has 0 bridgehead atoms. The average molecular weight is 257 g/mol. The molecular formula is C11H19N3O2S. The van der Waals surface area contributed by atoms with E-state index in [9.17, 15) is 8.42 Å². The fourth-order valence-electron chi connectivity index (χ4n) is 1.59. The van der Waals surface area contributed by atoms with E-state index < -0.39 is 9.84 Å². The summed E-state index contributed by atoms with van der Waals surface area (Å²) >= 11 is 0. The number of nitrogens with zero attached hydrogens (tertiary/aromatic N) is 2. The molecule has 0 fully saturated rings. The lowest BCUT2D eigenvalue weighted by molar-refractivity contribution is 0.581. The number of pyridine rings is 1. The van der Waals surface area contributed by atoms with E-state index in [-0.39, 0.29) is 10.8 Å². The van der Waals surface area contributed by atoms with Crippen LogP contribution in [0.4, 0.5) is 5.82 Å². The molecular weight excluding hydrogens is 238 g/mol. The molecule has 0 aliphatic carbocycles. The first-order valence-corrected chi connectivity index (χ1v) is 7.31. The normalized spacial score (nSPS) is 13.4. The molecule has 96 valence electrons. The molecule has 1 aromatic heterocycles. The zero-order chi connectivity index (χ0) is 13.1. The minimum absolute atomic E-state index is 0.256. The van der Waals surface area contributed by atoms with Crippen molar-refractivity contribution in [3.05, 3.63) is 18.3 Å². The molecule has 0 aliphatic rings. The van der Waals surface area contributed by atoms with Gasteiger partial charge >= 0.3 is 0 Å². The van der Waals surface area contributed by atoms with Crippen LogP contribution >= 0.6 is 0 Å². The predicted molar refractivity (Wildman–Crippen MR) is 68.8 cm³/mol. The second-order valence-electron chi connectivity index (χ2n) is 4.32. The molecule has 5 nitrogen and oxygen atoms in total. The summed E-state index contributed by atoms with van der Waals surface area (Å²) in [5.41, 5.74) is 5.56. The van der Waals surface area contributed by atoms with Gasteiger partial charge in [0.05, 0.1) is 0 Å². The van der Waals surface area contributed by atoms with Gasteiger partial charge in [-0.1, -0.05) is 6.92 Å². The van der Waals surface area contributed by atoms with Crippen LogP contribution in [0.2, 0.25) is 0 Å². The van der Waals surface area contributed by atoms with Gasteiger partial charge in [-0.25, -0.2) is 13.4 Å². The van der Waals surface area contributed by atoms with E-state index in [1.54, 1.807) is 18.3 Å². The lowest BCUT2D eigenvalue weighted by Gasteiger charge is -2.23. The maximum absolute atomic E-state index is 11.6. The van der Waals surface area contributed by atoms with Crippen LogP contribution in [0, 0.1) is 5.92 Å². The Hall–Kier alpha value is -1.14. The van der Waals surface area contributed by atoms with E-state index in [0.29, 0.717) is 18.9 Å². The average Bonchev–Trinajstić information content (AvgIpc) is 2.27. The minimum atomic E-state index is -3.26. The van der Waals surface area contributed by atoms with Gasteiger partial charge in [0.2, 0.25) is 0 Å². The summed E-state index contributed by atoms with van der Waals surface area (Å²) in [6, 6.07) is 3.20. The summed E-state index contributed by atoms with van der Waals surface area (Å²) in [6.07, 6.45) is 2.78. The van der Waals surface area contributed by atoms with Gasteiger partial charge in [0.1, 0.15) is 10.7 Å². The van der Waals surface area contributed by atoms with Gasteiger partial charge < -0.3 is 10.6 Å². The van der Waals surface area contributed by atoms with Gasteiger partial charge in [0.15, 0.2) is 9.84 Å². The molecule has 0 spiro atoms. The van der Waals surface area contributed by atoms with E-state index in [1.807, 2.05) is 18.9 Å². The quantitative estimate of drug-likeness (QED) is 0.832. The first-order chi connectivity index (χ1) is 7.86. The molecule has 1 atom stereocenters. The molecule has 0 radical (unpaired) electrons. The van der Waals surface area contributed by atoms with Crippen molar-refractivity contribution in [2.24, 2.45) is 11.7 Å². The Kier molecular flexibility index (Phi) is 4.47. The molecule has 1 unspecified atom stereocenters. The highest BCUT2D eigenvalue weighted by Crippen LogP contribution is 2.21. The third kappa shape index (κ3) is 3.67. The van der Waals surface area contributed by atoms with E-state index in [0.717, 1.165) is 0 Å². The molecule has 0 saturated carbocycles. The van der Waals surface area contributed by atoms with Gasteiger partial charge in [-0.2, -0.15) is 0 Å². The highest BCUT2D eigenvalue weighted by Gasteiger charge is 2.17. The van der Waals surface area contributed by atoms with Crippen LogP contribution in [-0.4, -0.2) is 39.8 Å². The summed E-state index contributed by atoms with van der Waals surface area (Å²) in [5.74, 6) is 0.768. The van der Waals surface area contributed by atoms with Crippen molar-refractivity contribution in [3.63, 3.8) is 0 Å². The van der Waals surface area contributed by atoms with Crippen molar-refractivity contribution in [1.82, 2.24) is 4.98 Å². The van der Waals surface area contributed by atoms with E-state index in [4.69, 9.17) is 5.73 Å². The largest absolute Gasteiger partial charge is 0.358 e. The number of rotatable bonds is 5. The Labute approximate surface area is 103 Å². The summed E-state index contributed by atoms with van der Waals surface area (Å²) in [4.78, 5) is 6.22. The number of aromatic nitrogens is 1. The molecule has 0 saturated heterocycles. The van der Waals surface area contributed by atoms with Crippen molar-refractivity contribution < 1.29 is 8.42 Å². The fourth-order valence-corrected chi connectivity index (χ4v) is 2.45. The molecule has 6 heteroatoms. The molecule has 1 heterocycles. The number of hydrogen-bond donors (Lipinski definition) is 1. The monoisotopic (exact) mass is 257 g/mol. The fraction of sp³-hybridized carbons (Fsp3) is 0.545. The van der Waals surface area contributed by atoms with Crippen molar-refractivity contribution in [1.29, 1.82) is 0 Å². The molecule has 0 aromatic carbocycles. The van der Waals surface area contributed by atoms with Crippen LogP contribution in [0.3, 0.4) is 0 Å². The van der Waals surface area contributed by atoms with Crippen LogP contribution in [0.15, 0.2) is 23.2 Å². The van der Waals surface area contributed by atoms with Crippen molar-refractivity contribution in [2.45, 2.75) is 11.8 Å². The van der Waals surface area contributed by atoms with E-state index in [2.05, 4.69) is 4.98 Å². The first kappa shape index (κ1) is 13.9. The number of sulfone groups is 1. The van der Waals surface area contributed by atoms with Gasteiger partial charge in [0, 0.05) is 26.0 Å². The molecule has 1 aromatic rings. The highest BCUT2D eigenvalue weighted by molar-refractivity contribution is 7.90. The first-order valence-electron chi connectivity index (χ1n) is 5.42. The van der Waals surface area contributed by atoms with Crippen LogP contribution in [0.5, 0.6) is 0 Å². The lowest BCUT2D eigenvalue weighted by atomic mass is 10.2. The SMILES string of the molecule is CC(CN)CN(C)c1ncccc1S(C)(=O)=O. The van der Waals surface area contributed by atoms with Crippen LogP contribution < -0.4 is 10.6 Å². The summed E-state index contributed by atoms with van der Waals surface area (Å²) < 4.78 is 23.2. The molecule has 0 amide bonds. The van der Waals surface area contributed by atoms with Gasteiger partial charge in [-0.3, -0.25) is 0 Å². The second-order valence-corrected chi connectivity index (χ2v) is 6.30. The highest BCUT2D eigenvalue weighted by atomic mass is 32.2. The molecule has 17 heavy (non-hydrogen) atoms. The van der Waals surface area contributed by atoms with E-state index in [1.165, 1.54) is 6.26 Å². The van der Waals surface area contributed by atoms with Crippen LogP contribution in [0.1, 0.15) is 6.92 Å². The van der Waals surface area contributed by atoms with Crippen molar-refractivity contribution in [3.8, 4) is 0 Å². The van der Waals surface area contributed by atoms with Gasteiger partial charge in [-0.15, -0.1) is 0 Å². The predicted octanol–water partition coefficient (Wildman–Crippen LogP) is 0.516. The molecule has 2 N–H and O–H groups in total. The van der Waals surface area contributed by atoms with E-state index >= 15 is 0 Å². The maximum Gasteiger partial charge on any atom is 0.179 e. The second kappa shape index (κ2) is 5.46. The number of hydrogen-bond acceptors (Lipinski definition) is 5. The minimum Gasteiger partial charge on any atom is -0.358 e. The third-order valence-electron chi connectivity index (χ3n) is 2.50. The Morgan fingerprint density at radius 3 is 2.71 bits per heavy atom. The van der Waals surface area contributed by atoms with Crippen molar-refractivity contribution in [2.75, 3.05) is 31.3 Å². The number of nitrogens with two attached hydrogens (primary N) is 1. The Morgan fingerprint density at radius 1 is 1.53 bits per heavy atom. The Bertz CT molecular complexity index is 473. The zero-order valence-electron chi connectivity index (χ0n) is 10.4. The molecule has 0 aliphatic heterocycles. The Morgan fingerprint density at radius 2 is 2.18 bits per heavy atom. The lowest BCUT2D eigenvalue weighted by Crippen LogP contribution is -2.29. The zero-order valence-corrected chi connectivity index (χ0v) is 11.2. The summed E-state index contributed by atoms with van der Waals surface area (Å²) in [6.45, 7) is 3.25. The smallest absolute Gasteiger partial charge is 0.179 e. The summed E-state index contributed by atoms with van der Waals surface area (Å²) in [7, 11) is -1.43. The van der Waals surface area contributed by atoms with Gasteiger partial charge in [-0.05, 0) is 24.6 Å². The maximum atomic E-state index is 11.6.